The number of carbonyl (C=O) groups is 2. The van der Waals surface area contributed by atoms with Gasteiger partial charge in [0.2, 0.25) is 16.9 Å². The molecule has 1 aliphatic carbocycles. The second-order valence-electron chi connectivity index (χ2n) is 6.55. The summed E-state index contributed by atoms with van der Waals surface area (Å²) in [6, 6.07) is 5.77. The lowest BCUT2D eigenvalue weighted by Gasteiger charge is -2.17. The fraction of sp³-hybridized carbons (Fsp3) is 0.412. The van der Waals surface area contributed by atoms with Gasteiger partial charge in [0.25, 0.3) is 0 Å². The predicted molar refractivity (Wildman–Crippen MR) is 99.9 cm³/mol. The molecule has 6 nitrogen and oxygen atoms in total. The third-order valence-corrected chi connectivity index (χ3v) is 6.44. The number of anilines is 2. The van der Waals surface area contributed by atoms with E-state index in [1.807, 2.05) is 25.1 Å². The van der Waals surface area contributed by atoms with Crippen LogP contribution >= 0.6 is 27.3 Å². The van der Waals surface area contributed by atoms with Crippen molar-refractivity contribution in [2.45, 2.75) is 32.1 Å². The summed E-state index contributed by atoms with van der Waals surface area (Å²) in [6.45, 7) is 2.37. The monoisotopic (exact) mass is 420 g/mol. The molecular formula is C17H17BrN4O2S. The van der Waals surface area contributed by atoms with Gasteiger partial charge in [-0.25, -0.2) is 0 Å². The highest BCUT2D eigenvalue weighted by Crippen LogP contribution is 2.42. The first-order valence-electron chi connectivity index (χ1n) is 8.22. The quantitative estimate of drug-likeness (QED) is 0.821. The summed E-state index contributed by atoms with van der Waals surface area (Å²) in [7, 11) is 0. The summed E-state index contributed by atoms with van der Waals surface area (Å²) in [5, 5.41) is 12.5. The minimum absolute atomic E-state index is 0.0298. The summed E-state index contributed by atoms with van der Waals surface area (Å²) in [4.78, 5) is 26.5. The van der Waals surface area contributed by atoms with Crippen molar-refractivity contribution in [3.05, 3.63) is 33.2 Å². The molecule has 0 radical (unpaired) electrons. The number of hydrogen-bond acceptors (Lipinski definition) is 5. The number of aryl methyl sites for hydroxylation is 1. The first kappa shape index (κ1) is 16.7. The number of hydrogen-bond donors (Lipinski definition) is 1. The Bertz CT molecular complexity index is 849. The molecule has 1 saturated carbocycles. The van der Waals surface area contributed by atoms with Crippen LogP contribution < -0.4 is 10.2 Å². The van der Waals surface area contributed by atoms with Crippen LogP contribution in [0.25, 0.3) is 0 Å². The van der Waals surface area contributed by atoms with Crippen LogP contribution in [-0.4, -0.2) is 28.6 Å². The normalized spacial score (nSPS) is 20.2. The molecular weight excluding hydrogens is 404 g/mol. The van der Waals surface area contributed by atoms with E-state index in [-0.39, 0.29) is 24.2 Å². The summed E-state index contributed by atoms with van der Waals surface area (Å²) in [5.74, 6) is -0.0435. The predicted octanol–water partition coefficient (Wildman–Crippen LogP) is 3.48. The van der Waals surface area contributed by atoms with E-state index in [1.165, 1.54) is 11.3 Å². The Labute approximate surface area is 157 Å². The minimum Gasteiger partial charge on any atom is -0.312 e. The SMILES string of the molecule is Cc1cc(N2CC(C(=O)Nc3nnc(C4CC4)s3)CC2=O)ccc1Br. The summed E-state index contributed by atoms with van der Waals surface area (Å²) in [5.41, 5.74) is 1.88. The molecule has 4 rings (SSSR count). The van der Waals surface area contributed by atoms with Gasteiger partial charge in [-0.2, -0.15) is 0 Å². The van der Waals surface area contributed by atoms with Gasteiger partial charge >= 0.3 is 0 Å². The molecule has 1 N–H and O–H groups in total. The first-order chi connectivity index (χ1) is 12.0. The van der Waals surface area contributed by atoms with Crippen LogP contribution in [-0.2, 0) is 9.59 Å². The van der Waals surface area contributed by atoms with Crippen molar-refractivity contribution in [2.24, 2.45) is 5.92 Å². The van der Waals surface area contributed by atoms with Crippen LogP contribution in [0.3, 0.4) is 0 Å². The third kappa shape index (κ3) is 3.46. The van der Waals surface area contributed by atoms with E-state index >= 15 is 0 Å². The molecule has 2 fully saturated rings. The van der Waals surface area contributed by atoms with Gasteiger partial charge in [0.05, 0.1) is 5.92 Å². The number of rotatable bonds is 4. The Morgan fingerprint density at radius 2 is 2.16 bits per heavy atom. The maximum Gasteiger partial charge on any atom is 0.231 e. The zero-order valence-corrected chi connectivity index (χ0v) is 16.1. The minimum atomic E-state index is -0.371. The van der Waals surface area contributed by atoms with Gasteiger partial charge in [-0.15, -0.1) is 10.2 Å². The second kappa shape index (κ2) is 6.49. The van der Waals surface area contributed by atoms with E-state index in [9.17, 15) is 9.59 Å². The Morgan fingerprint density at radius 3 is 2.88 bits per heavy atom. The maximum atomic E-state index is 12.5. The molecule has 1 aromatic heterocycles. The molecule has 1 saturated heterocycles. The Morgan fingerprint density at radius 1 is 1.36 bits per heavy atom. The zero-order chi connectivity index (χ0) is 17.6. The first-order valence-corrected chi connectivity index (χ1v) is 9.83. The van der Waals surface area contributed by atoms with Crippen molar-refractivity contribution in [3.8, 4) is 0 Å². The number of nitrogens with zero attached hydrogens (tertiary/aromatic N) is 3. The van der Waals surface area contributed by atoms with Crippen molar-refractivity contribution in [1.82, 2.24) is 10.2 Å². The van der Waals surface area contributed by atoms with Crippen LogP contribution in [0.4, 0.5) is 10.8 Å². The van der Waals surface area contributed by atoms with Gasteiger partial charge < -0.3 is 10.2 Å². The van der Waals surface area contributed by atoms with Gasteiger partial charge in [0.15, 0.2) is 0 Å². The smallest absolute Gasteiger partial charge is 0.231 e. The largest absolute Gasteiger partial charge is 0.312 e. The summed E-state index contributed by atoms with van der Waals surface area (Å²) >= 11 is 4.90. The van der Waals surface area contributed by atoms with Crippen molar-refractivity contribution in [1.29, 1.82) is 0 Å². The highest BCUT2D eigenvalue weighted by Gasteiger charge is 2.36. The number of halogens is 1. The fourth-order valence-electron chi connectivity index (χ4n) is 2.92. The highest BCUT2D eigenvalue weighted by molar-refractivity contribution is 9.10. The molecule has 25 heavy (non-hydrogen) atoms. The maximum absolute atomic E-state index is 12.5. The molecule has 1 aromatic carbocycles. The number of aromatic nitrogens is 2. The molecule has 2 amide bonds. The molecule has 2 aromatic rings. The van der Waals surface area contributed by atoms with E-state index in [4.69, 9.17) is 0 Å². The average Bonchev–Trinajstić information content (AvgIpc) is 3.21. The molecule has 8 heteroatoms. The van der Waals surface area contributed by atoms with E-state index in [2.05, 4.69) is 31.4 Å². The van der Waals surface area contributed by atoms with Crippen LogP contribution in [0.2, 0.25) is 0 Å². The standard InChI is InChI=1S/C17H17BrN4O2S/c1-9-6-12(4-5-13(9)18)22-8-11(7-14(22)23)15(24)19-17-21-20-16(25-17)10-2-3-10/h4-6,10-11H,2-3,7-8H2,1H3,(H,19,21,24). The number of benzene rings is 1. The molecule has 130 valence electrons. The van der Waals surface area contributed by atoms with Crippen LogP contribution in [0, 0.1) is 12.8 Å². The molecule has 1 atom stereocenters. The second-order valence-corrected chi connectivity index (χ2v) is 8.41. The number of carbonyl (C=O) groups excluding carboxylic acids is 2. The Balaban J connectivity index is 1.43. The van der Waals surface area contributed by atoms with Crippen molar-refractivity contribution >= 4 is 49.9 Å². The van der Waals surface area contributed by atoms with E-state index in [0.717, 1.165) is 33.6 Å². The summed E-state index contributed by atoms with van der Waals surface area (Å²) < 4.78 is 1.000. The lowest BCUT2D eigenvalue weighted by molar-refractivity contribution is -0.122. The van der Waals surface area contributed by atoms with Gasteiger partial charge in [-0.05, 0) is 43.5 Å². The van der Waals surface area contributed by atoms with E-state index in [0.29, 0.717) is 17.6 Å². The molecule has 1 aliphatic heterocycles. The van der Waals surface area contributed by atoms with Crippen molar-refractivity contribution in [3.63, 3.8) is 0 Å². The van der Waals surface area contributed by atoms with Gasteiger partial charge in [0.1, 0.15) is 5.01 Å². The molecule has 1 unspecified atom stereocenters. The zero-order valence-electron chi connectivity index (χ0n) is 13.7. The lowest BCUT2D eigenvalue weighted by atomic mass is 10.1. The van der Waals surface area contributed by atoms with Crippen molar-refractivity contribution in [2.75, 3.05) is 16.8 Å². The van der Waals surface area contributed by atoms with E-state index < -0.39 is 0 Å². The van der Waals surface area contributed by atoms with Crippen LogP contribution in [0.15, 0.2) is 22.7 Å². The topological polar surface area (TPSA) is 75.2 Å². The molecule has 0 bridgehead atoms. The molecule has 0 spiro atoms. The average molecular weight is 421 g/mol. The van der Waals surface area contributed by atoms with Gasteiger partial charge in [0, 0.05) is 29.0 Å². The highest BCUT2D eigenvalue weighted by atomic mass is 79.9. The van der Waals surface area contributed by atoms with Gasteiger partial charge in [-0.3, -0.25) is 9.59 Å². The lowest BCUT2D eigenvalue weighted by Crippen LogP contribution is -2.28. The van der Waals surface area contributed by atoms with Gasteiger partial charge in [-0.1, -0.05) is 27.3 Å². The summed E-state index contributed by atoms with van der Waals surface area (Å²) in [6.07, 6.45) is 2.53. The number of nitrogens with one attached hydrogen (secondary N) is 1. The Kier molecular flexibility index (Phi) is 4.33. The molecule has 2 aliphatic rings. The van der Waals surface area contributed by atoms with Crippen LogP contribution in [0.1, 0.15) is 35.8 Å². The number of amides is 2. The fourth-order valence-corrected chi connectivity index (χ4v) is 4.08. The third-order valence-electron chi connectivity index (χ3n) is 4.55. The van der Waals surface area contributed by atoms with Crippen LogP contribution in [0.5, 0.6) is 0 Å². The molecule has 2 heterocycles. The van der Waals surface area contributed by atoms with E-state index in [1.54, 1.807) is 4.90 Å². The van der Waals surface area contributed by atoms with Crippen molar-refractivity contribution < 1.29 is 9.59 Å². The Hall–Kier alpha value is -1.80.